The number of morpholine rings is 1. The summed E-state index contributed by atoms with van der Waals surface area (Å²) in [6.07, 6.45) is 1.85. The summed E-state index contributed by atoms with van der Waals surface area (Å²) in [7, 11) is 0. The van der Waals surface area contributed by atoms with Gasteiger partial charge in [-0.25, -0.2) is 14.0 Å². The Kier molecular flexibility index (Phi) is 9.74. The standard InChI is InChI=1S/C17H16Cl2FNO2.C4H4O4/c18-14-3-1-2-11(8-13-10-21-6-7-22-13)17(14)23-16-5-4-12(20)9-15(16)19;5-3(6)1-2-4(7)8/h1-5,9,13,21H,6-8,10H2;1-2H,(H,5,6)(H,7,8)/b;2-1+/t13-;/m0./s1. The molecule has 0 aromatic heterocycles. The van der Waals surface area contributed by atoms with Crippen molar-refractivity contribution in [1.29, 1.82) is 0 Å². The van der Waals surface area contributed by atoms with E-state index >= 15 is 0 Å². The molecule has 1 atom stereocenters. The lowest BCUT2D eigenvalue weighted by atomic mass is 10.1. The van der Waals surface area contributed by atoms with Gasteiger partial charge in [0.05, 0.1) is 22.8 Å². The molecule has 0 bridgehead atoms. The van der Waals surface area contributed by atoms with E-state index in [0.717, 1.165) is 18.7 Å². The quantitative estimate of drug-likeness (QED) is 0.542. The summed E-state index contributed by atoms with van der Waals surface area (Å²) >= 11 is 12.3. The van der Waals surface area contributed by atoms with Crippen molar-refractivity contribution >= 4 is 35.1 Å². The molecule has 7 nitrogen and oxygen atoms in total. The maximum absolute atomic E-state index is 13.2. The van der Waals surface area contributed by atoms with Crippen LogP contribution in [0.2, 0.25) is 10.0 Å². The number of aliphatic carboxylic acids is 2. The average molecular weight is 472 g/mol. The second kappa shape index (κ2) is 12.3. The molecular formula is C21H20Cl2FNO6. The monoisotopic (exact) mass is 471 g/mol. The molecule has 1 saturated heterocycles. The van der Waals surface area contributed by atoms with Gasteiger partial charge in [-0.2, -0.15) is 0 Å². The average Bonchev–Trinajstić information content (AvgIpc) is 2.72. The predicted molar refractivity (Wildman–Crippen MR) is 114 cm³/mol. The number of nitrogens with one attached hydrogen (secondary N) is 1. The molecular weight excluding hydrogens is 452 g/mol. The highest BCUT2D eigenvalue weighted by Crippen LogP contribution is 2.37. The lowest BCUT2D eigenvalue weighted by Gasteiger charge is -2.24. The van der Waals surface area contributed by atoms with Crippen molar-refractivity contribution in [2.24, 2.45) is 0 Å². The highest BCUT2D eigenvalue weighted by Gasteiger charge is 2.19. The van der Waals surface area contributed by atoms with E-state index in [1.54, 1.807) is 6.07 Å². The van der Waals surface area contributed by atoms with Crippen molar-refractivity contribution in [2.75, 3.05) is 19.7 Å². The molecule has 0 unspecified atom stereocenters. The van der Waals surface area contributed by atoms with Crippen LogP contribution in [0.15, 0.2) is 48.6 Å². The van der Waals surface area contributed by atoms with Gasteiger partial charge in [0.15, 0.2) is 0 Å². The van der Waals surface area contributed by atoms with Crippen LogP contribution in [0.1, 0.15) is 5.56 Å². The number of rotatable bonds is 6. The van der Waals surface area contributed by atoms with Crippen LogP contribution in [0.4, 0.5) is 4.39 Å². The zero-order valence-electron chi connectivity index (χ0n) is 16.2. The number of halogens is 3. The molecule has 1 fully saturated rings. The number of carboxylic acid groups (broad SMARTS) is 2. The van der Waals surface area contributed by atoms with Crippen LogP contribution in [-0.4, -0.2) is 48.0 Å². The number of para-hydroxylation sites is 1. The summed E-state index contributed by atoms with van der Waals surface area (Å²) < 4.78 is 24.8. The van der Waals surface area contributed by atoms with Gasteiger partial charge in [-0.05, 0) is 29.8 Å². The molecule has 1 aliphatic heterocycles. The van der Waals surface area contributed by atoms with Gasteiger partial charge in [-0.15, -0.1) is 0 Å². The highest BCUT2D eigenvalue weighted by molar-refractivity contribution is 6.33. The van der Waals surface area contributed by atoms with Crippen molar-refractivity contribution in [2.45, 2.75) is 12.5 Å². The summed E-state index contributed by atoms with van der Waals surface area (Å²) in [5.41, 5.74) is 0.923. The fourth-order valence-corrected chi connectivity index (χ4v) is 3.07. The van der Waals surface area contributed by atoms with Crippen molar-refractivity contribution in [1.82, 2.24) is 5.32 Å². The minimum Gasteiger partial charge on any atom is -0.478 e. The molecule has 166 valence electrons. The van der Waals surface area contributed by atoms with Crippen molar-refractivity contribution in [3.05, 3.63) is 70.0 Å². The zero-order chi connectivity index (χ0) is 22.8. The number of hydrogen-bond acceptors (Lipinski definition) is 5. The summed E-state index contributed by atoms with van der Waals surface area (Å²) in [4.78, 5) is 19.1. The summed E-state index contributed by atoms with van der Waals surface area (Å²) in [5, 5.41) is 19.6. The molecule has 10 heteroatoms. The third-order valence-corrected chi connectivity index (χ3v) is 4.57. The van der Waals surface area contributed by atoms with E-state index in [-0.39, 0.29) is 11.1 Å². The van der Waals surface area contributed by atoms with E-state index in [1.807, 2.05) is 12.1 Å². The van der Waals surface area contributed by atoms with Gasteiger partial charge in [0.25, 0.3) is 0 Å². The molecule has 3 N–H and O–H groups in total. The minimum absolute atomic E-state index is 0.0632. The number of carboxylic acids is 2. The first-order valence-corrected chi connectivity index (χ1v) is 9.88. The van der Waals surface area contributed by atoms with E-state index < -0.39 is 17.8 Å². The molecule has 0 aliphatic carbocycles. The number of hydrogen-bond donors (Lipinski definition) is 3. The smallest absolute Gasteiger partial charge is 0.328 e. The third-order valence-electron chi connectivity index (χ3n) is 3.97. The molecule has 2 aromatic rings. The van der Waals surface area contributed by atoms with E-state index in [2.05, 4.69) is 5.32 Å². The molecule has 0 saturated carbocycles. The number of ether oxygens (including phenoxy) is 2. The van der Waals surface area contributed by atoms with Crippen LogP contribution in [0, 0.1) is 5.82 Å². The predicted octanol–water partition coefficient (Wildman–Crippen LogP) is 4.17. The van der Waals surface area contributed by atoms with Crippen LogP contribution in [0.25, 0.3) is 0 Å². The summed E-state index contributed by atoms with van der Waals surface area (Å²) in [5.74, 6) is -2.04. The van der Waals surface area contributed by atoms with Crippen LogP contribution in [0.5, 0.6) is 11.5 Å². The first-order chi connectivity index (χ1) is 14.8. The molecule has 0 amide bonds. The van der Waals surface area contributed by atoms with Gasteiger partial charge in [-0.3, -0.25) is 0 Å². The Morgan fingerprint density at radius 2 is 1.87 bits per heavy atom. The second-order valence-corrected chi connectivity index (χ2v) is 7.13. The third kappa shape index (κ3) is 8.55. The van der Waals surface area contributed by atoms with Crippen LogP contribution >= 0.6 is 23.2 Å². The molecule has 31 heavy (non-hydrogen) atoms. The Balaban J connectivity index is 0.000000366. The topological polar surface area (TPSA) is 105 Å². The molecule has 1 heterocycles. The molecule has 3 rings (SSSR count). The molecule has 0 spiro atoms. The number of carbonyl (C=O) groups is 2. The molecule has 2 aromatic carbocycles. The fraction of sp³-hybridized carbons (Fsp3) is 0.238. The summed E-state index contributed by atoms with van der Waals surface area (Å²) in [6.45, 7) is 2.33. The Morgan fingerprint density at radius 3 is 2.45 bits per heavy atom. The second-order valence-electron chi connectivity index (χ2n) is 6.32. The zero-order valence-corrected chi connectivity index (χ0v) is 17.7. The maximum Gasteiger partial charge on any atom is 0.328 e. The van der Waals surface area contributed by atoms with E-state index in [1.165, 1.54) is 18.2 Å². The van der Waals surface area contributed by atoms with E-state index in [4.69, 9.17) is 42.9 Å². The number of benzene rings is 2. The normalized spacial score (nSPS) is 15.8. The minimum atomic E-state index is -1.26. The maximum atomic E-state index is 13.2. The Morgan fingerprint density at radius 1 is 1.16 bits per heavy atom. The Bertz CT molecular complexity index is 931. The van der Waals surface area contributed by atoms with Gasteiger partial charge < -0.3 is 25.0 Å². The molecule has 1 aliphatic rings. The van der Waals surface area contributed by atoms with Crippen molar-refractivity contribution < 1.29 is 33.7 Å². The van der Waals surface area contributed by atoms with Gasteiger partial charge >= 0.3 is 11.9 Å². The Labute approximate surface area is 188 Å². The van der Waals surface area contributed by atoms with Gasteiger partial charge in [-0.1, -0.05) is 35.3 Å². The van der Waals surface area contributed by atoms with Gasteiger partial charge in [0, 0.05) is 31.7 Å². The van der Waals surface area contributed by atoms with E-state index in [9.17, 15) is 14.0 Å². The van der Waals surface area contributed by atoms with Crippen molar-refractivity contribution in [3.63, 3.8) is 0 Å². The van der Waals surface area contributed by atoms with Crippen molar-refractivity contribution in [3.8, 4) is 11.5 Å². The lowest BCUT2D eigenvalue weighted by Crippen LogP contribution is -2.39. The molecule has 0 radical (unpaired) electrons. The highest BCUT2D eigenvalue weighted by atomic mass is 35.5. The largest absolute Gasteiger partial charge is 0.478 e. The van der Waals surface area contributed by atoms with E-state index in [0.29, 0.717) is 41.7 Å². The lowest BCUT2D eigenvalue weighted by molar-refractivity contribution is -0.134. The fourth-order valence-electron chi connectivity index (χ4n) is 2.64. The Hall–Kier alpha value is -2.65. The first kappa shape index (κ1) is 24.6. The first-order valence-electron chi connectivity index (χ1n) is 9.12. The summed E-state index contributed by atoms with van der Waals surface area (Å²) in [6, 6.07) is 9.55. The van der Waals surface area contributed by atoms with Crippen LogP contribution < -0.4 is 10.1 Å². The SMILES string of the molecule is Fc1ccc(Oc2c(Cl)cccc2C[C@H]2CNCCO2)c(Cl)c1.O=C(O)/C=C/C(=O)O. The van der Waals surface area contributed by atoms with Gasteiger partial charge in [0.2, 0.25) is 0 Å². The van der Waals surface area contributed by atoms with Crippen LogP contribution in [0.3, 0.4) is 0 Å². The van der Waals surface area contributed by atoms with Crippen LogP contribution in [-0.2, 0) is 20.7 Å². The van der Waals surface area contributed by atoms with Gasteiger partial charge in [0.1, 0.15) is 17.3 Å².